The molecule has 0 aliphatic carbocycles. The van der Waals surface area contributed by atoms with E-state index in [2.05, 4.69) is 22.4 Å². The maximum Gasteiger partial charge on any atom is 0.311 e. The van der Waals surface area contributed by atoms with Crippen molar-refractivity contribution < 1.29 is 9.66 Å². The van der Waals surface area contributed by atoms with E-state index in [1.807, 2.05) is 0 Å². The van der Waals surface area contributed by atoms with Crippen LogP contribution >= 0.6 is 12.2 Å². The van der Waals surface area contributed by atoms with Crippen LogP contribution < -0.4 is 15.5 Å². The van der Waals surface area contributed by atoms with E-state index in [1.54, 1.807) is 12.1 Å². The lowest BCUT2D eigenvalue weighted by molar-refractivity contribution is -0.385. The van der Waals surface area contributed by atoms with Crippen LogP contribution in [0.1, 0.15) is 5.56 Å². The number of hydrogen-bond donors (Lipinski definition) is 2. The highest BCUT2D eigenvalue weighted by Crippen LogP contribution is 2.26. The molecule has 8 heteroatoms. The Kier molecular flexibility index (Phi) is 6.11. The number of nitro benzene ring substituents is 1. The van der Waals surface area contributed by atoms with Gasteiger partial charge in [0.25, 0.3) is 0 Å². The molecule has 7 nitrogen and oxygen atoms in total. The van der Waals surface area contributed by atoms with Crippen LogP contribution in [0.2, 0.25) is 0 Å². The Hall–Kier alpha value is -2.48. The van der Waals surface area contributed by atoms with E-state index >= 15 is 0 Å². The predicted molar refractivity (Wildman–Crippen MR) is 81.2 cm³/mol. The molecule has 0 aromatic heterocycles. The first-order valence-electron chi connectivity index (χ1n) is 5.58. The topological polar surface area (TPSA) is 88.8 Å². The van der Waals surface area contributed by atoms with Crippen LogP contribution in [0.3, 0.4) is 0 Å². The smallest absolute Gasteiger partial charge is 0.311 e. The summed E-state index contributed by atoms with van der Waals surface area (Å²) in [5.74, 6) is 0.197. The maximum atomic E-state index is 10.9. The monoisotopic (exact) mass is 294 g/mol. The zero-order valence-corrected chi connectivity index (χ0v) is 11.6. The van der Waals surface area contributed by atoms with Gasteiger partial charge in [0, 0.05) is 18.2 Å². The Balaban J connectivity index is 2.73. The van der Waals surface area contributed by atoms with Gasteiger partial charge in [-0.2, -0.15) is 5.10 Å². The Morgan fingerprint density at radius 3 is 3.00 bits per heavy atom. The molecule has 0 fully saturated rings. The van der Waals surface area contributed by atoms with Crippen LogP contribution in [0.5, 0.6) is 5.75 Å². The van der Waals surface area contributed by atoms with E-state index < -0.39 is 4.92 Å². The summed E-state index contributed by atoms with van der Waals surface area (Å²) in [5, 5.41) is 17.9. The zero-order chi connectivity index (χ0) is 15.0. The molecule has 0 saturated heterocycles. The van der Waals surface area contributed by atoms with Gasteiger partial charge in [0.2, 0.25) is 0 Å². The van der Waals surface area contributed by atoms with Crippen molar-refractivity contribution in [3.8, 4) is 5.75 Å². The number of hydrazone groups is 1. The lowest BCUT2D eigenvalue weighted by Gasteiger charge is -2.04. The van der Waals surface area contributed by atoms with Gasteiger partial charge in [0.05, 0.1) is 18.2 Å². The number of ether oxygens (including phenoxy) is 1. The van der Waals surface area contributed by atoms with Crippen molar-refractivity contribution in [1.82, 2.24) is 10.7 Å². The van der Waals surface area contributed by atoms with Crippen molar-refractivity contribution >= 4 is 29.2 Å². The van der Waals surface area contributed by atoms with E-state index in [0.717, 1.165) is 0 Å². The number of methoxy groups -OCH3 is 1. The molecule has 2 N–H and O–H groups in total. The zero-order valence-electron chi connectivity index (χ0n) is 10.8. The van der Waals surface area contributed by atoms with E-state index in [9.17, 15) is 10.1 Å². The van der Waals surface area contributed by atoms with E-state index in [-0.39, 0.29) is 11.4 Å². The molecule has 0 bridgehead atoms. The maximum absolute atomic E-state index is 10.9. The van der Waals surface area contributed by atoms with Crippen LogP contribution in [0.25, 0.3) is 0 Å². The molecule has 0 aliphatic heterocycles. The summed E-state index contributed by atoms with van der Waals surface area (Å²) < 4.78 is 4.91. The first-order valence-corrected chi connectivity index (χ1v) is 5.99. The van der Waals surface area contributed by atoms with Crippen LogP contribution in [-0.4, -0.2) is 29.9 Å². The average molecular weight is 294 g/mol. The molecule has 106 valence electrons. The minimum atomic E-state index is -0.514. The number of benzene rings is 1. The molecule has 1 aromatic rings. The number of nitro groups is 1. The van der Waals surface area contributed by atoms with Gasteiger partial charge < -0.3 is 10.1 Å². The van der Waals surface area contributed by atoms with Crippen molar-refractivity contribution in [3.63, 3.8) is 0 Å². The Morgan fingerprint density at radius 2 is 2.40 bits per heavy atom. The van der Waals surface area contributed by atoms with Crippen LogP contribution in [0.4, 0.5) is 5.69 Å². The predicted octanol–water partition coefficient (Wildman–Crippen LogP) is 1.59. The van der Waals surface area contributed by atoms with Gasteiger partial charge >= 0.3 is 5.69 Å². The van der Waals surface area contributed by atoms with Gasteiger partial charge in [-0.05, 0) is 24.4 Å². The molecule has 0 unspecified atom stereocenters. The second-order valence-electron chi connectivity index (χ2n) is 3.56. The first kappa shape index (κ1) is 15.6. The minimum absolute atomic E-state index is 0.121. The number of thiocarbonyl (C=S) groups is 1. The summed E-state index contributed by atoms with van der Waals surface area (Å²) in [6.45, 7) is 4.06. The van der Waals surface area contributed by atoms with Crippen LogP contribution in [0, 0.1) is 10.1 Å². The largest absolute Gasteiger partial charge is 0.490 e. The quantitative estimate of drug-likeness (QED) is 0.272. The molecule has 0 heterocycles. The SMILES string of the molecule is C=CCNC(=S)N/N=C\c1ccc(OC)c([N+](=O)[O-])c1. The van der Waals surface area contributed by atoms with E-state index in [4.69, 9.17) is 17.0 Å². The first-order chi connectivity index (χ1) is 9.58. The van der Waals surface area contributed by atoms with Crippen molar-refractivity contribution in [2.24, 2.45) is 5.10 Å². The van der Waals surface area contributed by atoms with Gasteiger partial charge in [-0.3, -0.25) is 15.5 Å². The third kappa shape index (κ3) is 4.65. The van der Waals surface area contributed by atoms with Crippen LogP contribution in [0.15, 0.2) is 36.0 Å². The van der Waals surface area contributed by atoms with Crippen LogP contribution in [-0.2, 0) is 0 Å². The fraction of sp³-hybridized carbons (Fsp3) is 0.167. The molecule has 0 spiro atoms. The summed E-state index contributed by atoms with van der Waals surface area (Å²) >= 11 is 4.93. The Morgan fingerprint density at radius 1 is 1.65 bits per heavy atom. The van der Waals surface area contributed by atoms with E-state index in [0.29, 0.717) is 17.2 Å². The van der Waals surface area contributed by atoms with Crippen molar-refractivity contribution in [2.75, 3.05) is 13.7 Å². The van der Waals surface area contributed by atoms with Gasteiger partial charge in [0.15, 0.2) is 10.9 Å². The molecule has 0 radical (unpaired) electrons. The van der Waals surface area contributed by atoms with Gasteiger partial charge in [-0.15, -0.1) is 6.58 Å². The normalized spacial score (nSPS) is 10.1. The lowest BCUT2D eigenvalue weighted by atomic mass is 10.2. The van der Waals surface area contributed by atoms with Crippen molar-refractivity contribution in [3.05, 3.63) is 46.5 Å². The van der Waals surface area contributed by atoms with Crippen molar-refractivity contribution in [2.45, 2.75) is 0 Å². The number of rotatable bonds is 6. The summed E-state index contributed by atoms with van der Waals surface area (Å²) in [4.78, 5) is 10.3. The molecule has 20 heavy (non-hydrogen) atoms. The molecule has 0 atom stereocenters. The lowest BCUT2D eigenvalue weighted by Crippen LogP contribution is -2.31. The highest BCUT2D eigenvalue weighted by Gasteiger charge is 2.14. The molecule has 0 aliphatic rings. The Bertz CT molecular complexity index is 546. The van der Waals surface area contributed by atoms with Gasteiger partial charge in [-0.1, -0.05) is 6.08 Å². The summed E-state index contributed by atoms with van der Waals surface area (Å²) in [7, 11) is 1.38. The number of hydrogen-bond acceptors (Lipinski definition) is 5. The number of nitrogens with one attached hydrogen (secondary N) is 2. The van der Waals surface area contributed by atoms with Gasteiger partial charge in [-0.25, -0.2) is 0 Å². The second-order valence-corrected chi connectivity index (χ2v) is 3.97. The molecule has 0 amide bonds. The molecule has 1 rings (SSSR count). The second kappa shape index (κ2) is 7.85. The summed E-state index contributed by atoms with van der Waals surface area (Å²) in [6.07, 6.45) is 3.08. The average Bonchev–Trinajstić information content (AvgIpc) is 2.44. The molecule has 0 saturated carbocycles. The molecular formula is C12H14N4O3S. The highest BCUT2D eigenvalue weighted by molar-refractivity contribution is 7.80. The Labute approximate surface area is 121 Å². The summed E-state index contributed by atoms with van der Waals surface area (Å²) in [6, 6.07) is 4.52. The van der Waals surface area contributed by atoms with Crippen molar-refractivity contribution in [1.29, 1.82) is 0 Å². The third-order valence-corrected chi connectivity index (χ3v) is 2.42. The highest BCUT2D eigenvalue weighted by atomic mass is 32.1. The molecular weight excluding hydrogens is 280 g/mol. The van der Waals surface area contributed by atoms with E-state index in [1.165, 1.54) is 25.5 Å². The minimum Gasteiger partial charge on any atom is -0.490 e. The standard InChI is InChI=1S/C12H14N4O3S/c1-3-6-13-12(20)15-14-8-9-4-5-11(19-2)10(7-9)16(17)18/h3-5,7-8H,1,6H2,2H3,(H2,13,15,20)/b14-8-. The fourth-order valence-corrected chi connectivity index (χ4v) is 1.44. The summed E-state index contributed by atoms with van der Waals surface area (Å²) in [5.41, 5.74) is 3.01. The number of nitrogens with zero attached hydrogens (tertiary/aromatic N) is 2. The third-order valence-electron chi connectivity index (χ3n) is 2.19. The fourth-order valence-electron chi connectivity index (χ4n) is 1.30. The molecule has 1 aromatic carbocycles. The van der Waals surface area contributed by atoms with Gasteiger partial charge in [0.1, 0.15) is 0 Å².